The Balaban J connectivity index is 1.71. The molecule has 3 heterocycles. The van der Waals surface area contributed by atoms with Crippen molar-refractivity contribution >= 4 is 11.9 Å². The average Bonchev–Trinajstić information content (AvgIpc) is 3.22. The van der Waals surface area contributed by atoms with E-state index in [4.69, 9.17) is 9.26 Å². The van der Waals surface area contributed by atoms with Gasteiger partial charge in [0.2, 0.25) is 11.7 Å². The number of nitrogens with zero attached hydrogens (tertiary/aromatic N) is 5. The summed E-state index contributed by atoms with van der Waals surface area (Å²) < 4.78 is 10.00. The third-order valence-electron chi connectivity index (χ3n) is 4.34. The monoisotopic (exact) mass is 345 g/mol. The summed E-state index contributed by atoms with van der Waals surface area (Å²) in [6, 6.07) is 3.64. The number of anilines is 1. The molecule has 1 aliphatic rings. The largest absolute Gasteiger partial charge is 0.479 e. The molecule has 1 fully saturated rings. The molecule has 2 aromatic heterocycles. The van der Waals surface area contributed by atoms with Gasteiger partial charge < -0.3 is 19.1 Å². The smallest absolute Gasteiger partial charge is 0.292 e. The molecule has 0 N–H and O–H groups in total. The molecular formula is C17H23N5O3. The molecule has 0 spiro atoms. The van der Waals surface area contributed by atoms with Gasteiger partial charge in [-0.2, -0.15) is 0 Å². The number of ether oxygens (including phenoxy) is 1. The van der Waals surface area contributed by atoms with Gasteiger partial charge >= 0.3 is 0 Å². The summed E-state index contributed by atoms with van der Waals surface area (Å²) >= 11 is 0. The summed E-state index contributed by atoms with van der Waals surface area (Å²) in [5.74, 6) is 0.987. The molecule has 2 aromatic rings. The summed E-state index contributed by atoms with van der Waals surface area (Å²) in [5.41, 5.74) is 1.90. The maximum Gasteiger partial charge on any atom is 0.292 e. The van der Waals surface area contributed by atoms with Crippen LogP contribution in [-0.4, -0.2) is 59.2 Å². The molecule has 1 atom stereocenters. The van der Waals surface area contributed by atoms with Crippen LogP contribution in [-0.2, 0) is 0 Å². The summed E-state index contributed by atoms with van der Waals surface area (Å²) in [6.07, 6.45) is 2.05. The van der Waals surface area contributed by atoms with Crippen LogP contribution in [0.4, 0.5) is 5.95 Å². The zero-order valence-electron chi connectivity index (χ0n) is 15.0. The molecule has 8 nitrogen and oxygen atoms in total. The number of likely N-dealkylation sites (N-methyl/N-ethyl adjacent to an activating group) is 1. The van der Waals surface area contributed by atoms with E-state index in [1.54, 1.807) is 11.9 Å². The lowest BCUT2D eigenvalue weighted by Gasteiger charge is -2.28. The molecule has 0 aromatic carbocycles. The Hall–Kier alpha value is -2.64. The number of carbonyl (C=O) groups is 1. The van der Waals surface area contributed by atoms with Gasteiger partial charge in [-0.1, -0.05) is 0 Å². The van der Waals surface area contributed by atoms with Crippen molar-refractivity contribution in [2.45, 2.75) is 32.7 Å². The van der Waals surface area contributed by atoms with E-state index in [1.807, 2.05) is 19.9 Å². The van der Waals surface area contributed by atoms with Crippen molar-refractivity contribution in [3.05, 3.63) is 29.3 Å². The predicted octanol–water partition coefficient (Wildman–Crippen LogP) is 1.83. The summed E-state index contributed by atoms with van der Waals surface area (Å²) in [5, 5.41) is 3.68. The van der Waals surface area contributed by atoms with Gasteiger partial charge in [0.25, 0.3) is 11.8 Å². The second kappa shape index (κ2) is 7.08. The maximum absolute atomic E-state index is 12.5. The van der Waals surface area contributed by atoms with Crippen LogP contribution in [0.5, 0.6) is 5.88 Å². The van der Waals surface area contributed by atoms with Gasteiger partial charge in [-0.05, 0) is 37.9 Å². The minimum atomic E-state index is -0.219. The second-order valence-electron chi connectivity index (χ2n) is 6.36. The van der Waals surface area contributed by atoms with Crippen LogP contribution in [0.3, 0.4) is 0 Å². The van der Waals surface area contributed by atoms with Crippen LogP contribution in [0.15, 0.2) is 16.7 Å². The number of hydrogen-bond donors (Lipinski definition) is 0. The predicted molar refractivity (Wildman–Crippen MR) is 91.9 cm³/mol. The highest BCUT2D eigenvalue weighted by molar-refractivity contribution is 5.91. The maximum atomic E-state index is 12.5. The number of aromatic nitrogens is 3. The van der Waals surface area contributed by atoms with Crippen molar-refractivity contribution in [1.29, 1.82) is 0 Å². The van der Waals surface area contributed by atoms with Crippen molar-refractivity contribution in [2.24, 2.45) is 0 Å². The standard InChI is InChI=1S/C17H23N5O3/c1-11-8-12(2)19-17(18-11)22-7-5-6-13(22)10-21(3)16(23)14-9-15(24-4)20-25-14/h8-9,13H,5-7,10H2,1-4H3. The molecule has 1 saturated heterocycles. The van der Waals surface area contributed by atoms with Crippen LogP contribution >= 0.6 is 0 Å². The fourth-order valence-corrected chi connectivity index (χ4v) is 3.17. The molecule has 1 aliphatic heterocycles. The molecule has 0 bridgehead atoms. The molecule has 1 unspecified atom stereocenters. The van der Waals surface area contributed by atoms with Gasteiger partial charge in [-0.3, -0.25) is 4.79 Å². The van der Waals surface area contributed by atoms with Crippen LogP contribution < -0.4 is 9.64 Å². The molecular weight excluding hydrogens is 322 g/mol. The average molecular weight is 345 g/mol. The minimum Gasteiger partial charge on any atom is -0.479 e. The van der Waals surface area contributed by atoms with Crippen LogP contribution in [0.2, 0.25) is 0 Å². The molecule has 0 aliphatic carbocycles. The van der Waals surface area contributed by atoms with E-state index in [-0.39, 0.29) is 17.7 Å². The highest BCUT2D eigenvalue weighted by Gasteiger charge is 2.30. The van der Waals surface area contributed by atoms with Crippen LogP contribution in [0.1, 0.15) is 34.8 Å². The Morgan fingerprint density at radius 1 is 1.36 bits per heavy atom. The highest BCUT2D eigenvalue weighted by atomic mass is 16.5. The van der Waals surface area contributed by atoms with E-state index in [2.05, 4.69) is 20.0 Å². The van der Waals surface area contributed by atoms with Crippen molar-refractivity contribution in [3.63, 3.8) is 0 Å². The normalized spacial score (nSPS) is 17.0. The third kappa shape index (κ3) is 3.72. The number of amides is 1. The van der Waals surface area contributed by atoms with Crippen LogP contribution in [0, 0.1) is 13.8 Å². The fourth-order valence-electron chi connectivity index (χ4n) is 3.17. The molecule has 8 heteroatoms. The Labute approximate surface area is 146 Å². The Bertz CT molecular complexity index is 740. The Morgan fingerprint density at radius 3 is 2.72 bits per heavy atom. The van der Waals surface area contributed by atoms with E-state index in [9.17, 15) is 4.79 Å². The van der Waals surface area contributed by atoms with Crippen molar-refractivity contribution in [2.75, 3.05) is 32.1 Å². The first kappa shape index (κ1) is 17.2. The fraction of sp³-hybridized carbons (Fsp3) is 0.529. The van der Waals surface area contributed by atoms with E-state index in [0.717, 1.165) is 36.7 Å². The topological polar surface area (TPSA) is 84.6 Å². The molecule has 134 valence electrons. The summed E-state index contributed by atoms with van der Waals surface area (Å²) in [4.78, 5) is 25.4. The quantitative estimate of drug-likeness (QED) is 0.817. The van der Waals surface area contributed by atoms with Gasteiger partial charge in [-0.25, -0.2) is 9.97 Å². The Kier molecular flexibility index (Phi) is 4.87. The SMILES string of the molecule is COc1cc(C(=O)N(C)CC2CCCN2c2nc(C)cc(C)n2)on1. The summed E-state index contributed by atoms with van der Waals surface area (Å²) in [7, 11) is 3.24. The van der Waals surface area contributed by atoms with Gasteiger partial charge in [0.15, 0.2) is 0 Å². The molecule has 3 rings (SSSR count). The lowest BCUT2D eigenvalue weighted by atomic mass is 10.2. The van der Waals surface area contributed by atoms with Crippen LogP contribution in [0.25, 0.3) is 0 Å². The minimum absolute atomic E-state index is 0.173. The van der Waals surface area contributed by atoms with E-state index < -0.39 is 0 Å². The molecule has 0 radical (unpaired) electrons. The third-order valence-corrected chi connectivity index (χ3v) is 4.34. The Morgan fingerprint density at radius 2 is 2.08 bits per heavy atom. The van der Waals surface area contributed by atoms with Gasteiger partial charge in [0.1, 0.15) is 0 Å². The number of rotatable bonds is 5. The highest BCUT2D eigenvalue weighted by Crippen LogP contribution is 2.24. The number of methoxy groups -OCH3 is 1. The van der Waals surface area contributed by atoms with Gasteiger partial charge in [-0.15, -0.1) is 0 Å². The van der Waals surface area contributed by atoms with Crippen molar-refractivity contribution in [1.82, 2.24) is 20.0 Å². The lowest BCUT2D eigenvalue weighted by Crippen LogP contribution is -2.42. The summed E-state index contributed by atoms with van der Waals surface area (Å²) in [6.45, 7) is 5.40. The number of hydrogen-bond acceptors (Lipinski definition) is 7. The van der Waals surface area contributed by atoms with E-state index in [0.29, 0.717) is 12.4 Å². The molecule has 1 amide bonds. The second-order valence-corrected chi connectivity index (χ2v) is 6.36. The van der Waals surface area contributed by atoms with Gasteiger partial charge in [0.05, 0.1) is 13.2 Å². The number of aryl methyl sites for hydroxylation is 2. The van der Waals surface area contributed by atoms with Crippen molar-refractivity contribution in [3.8, 4) is 5.88 Å². The first-order valence-electron chi connectivity index (χ1n) is 8.33. The first-order chi connectivity index (χ1) is 12.0. The first-order valence-corrected chi connectivity index (χ1v) is 8.33. The lowest BCUT2D eigenvalue weighted by molar-refractivity contribution is 0.0745. The zero-order valence-corrected chi connectivity index (χ0v) is 15.0. The number of carbonyl (C=O) groups excluding carboxylic acids is 1. The van der Waals surface area contributed by atoms with Crippen molar-refractivity contribution < 1.29 is 14.1 Å². The van der Waals surface area contributed by atoms with Gasteiger partial charge in [0, 0.05) is 37.6 Å². The van der Waals surface area contributed by atoms with E-state index >= 15 is 0 Å². The molecule has 25 heavy (non-hydrogen) atoms. The molecule has 0 saturated carbocycles. The zero-order chi connectivity index (χ0) is 18.0. The van der Waals surface area contributed by atoms with E-state index in [1.165, 1.54) is 13.2 Å².